The van der Waals surface area contributed by atoms with Crippen molar-refractivity contribution in [1.82, 2.24) is 25.8 Å². The van der Waals surface area contributed by atoms with Gasteiger partial charge in [0.2, 0.25) is 17.3 Å². The van der Waals surface area contributed by atoms with Gasteiger partial charge in [-0.15, -0.1) is 0 Å². The molecule has 3 heterocycles. The zero-order chi connectivity index (χ0) is 19.5. The maximum atomic E-state index is 12.5. The minimum atomic E-state index is -0.814. The fraction of sp³-hybridized carbons (Fsp3) is 0.316. The summed E-state index contributed by atoms with van der Waals surface area (Å²) in [5.74, 6) is -0.991. The van der Waals surface area contributed by atoms with Crippen LogP contribution in [0, 0.1) is 5.92 Å². The average molecular weight is 381 g/mol. The van der Waals surface area contributed by atoms with Gasteiger partial charge in [-0.05, 0) is 36.6 Å². The average Bonchev–Trinajstić information content (AvgIpc) is 3.31. The number of rotatable bonds is 5. The van der Waals surface area contributed by atoms with E-state index in [4.69, 9.17) is 4.52 Å². The molecule has 0 saturated heterocycles. The fourth-order valence-electron chi connectivity index (χ4n) is 3.40. The van der Waals surface area contributed by atoms with E-state index in [1.165, 1.54) is 0 Å². The topological polar surface area (TPSA) is 130 Å². The van der Waals surface area contributed by atoms with Crippen molar-refractivity contribution in [3.05, 3.63) is 54.2 Å². The summed E-state index contributed by atoms with van der Waals surface area (Å²) in [7, 11) is 0. The molecule has 1 saturated carbocycles. The summed E-state index contributed by atoms with van der Waals surface area (Å²) in [6.45, 7) is 0.368. The number of hydrogen-bond donors (Lipinski definition) is 3. The van der Waals surface area contributed by atoms with Crippen LogP contribution in [-0.2, 0) is 11.3 Å². The van der Waals surface area contributed by atoms with Gasteiger partial charge in [0.15, 0.2) is 0 Å². The van der Waals surface area contributed by atoms with Crippen LogP contribution in [0.4, 0.5) is 0 Å². The van der Waals surface area contributed by atoms with Crippen molar-refractivity contribution in [1.29, 1.82) is 0 Å². The second-order valence-electron chi connectivity index (χ2n) is 6.78. The lowest BCUT2D eigenvalue weighted by Crippen LogP contribution is -2.40. The van der Waals surface area contributed by atoms with Gasteiger partial charge >= 0.3 is 0 Å². The second kappa shape index (κ2) is 7.73. The Morgan fingerprint density at radius 2 is 2.07 bits per heavy atom. The Hall–Kier alpha value is -3.33. The van der Waals surface area contributed by atoms with Crippen LogP contribution in [0.3, 0.4) is 0 Å². The number of fused-ring (bicyclic) bond motifs is 1. The number of nitrogens with zero attached hydrogens (tertiary/aromatic N) is 3. The molecule has 3 atom stereocenters. The van der Waals surface area contributed by atoms with Crippen LogP contribution in [0.2, 0.25) is 0 Å². The highest BCUT2D eigenvalue weighted by atomic mass is 16.5. The van der Waals surface area contributed by atoms with E-state index in [9.17, 15) is 14.7 Å². The molecule has 0 bridgehead atoms. The van der Waals surface area contributed by atoms with Gasteiger partial charge < -0.3 is 20.3 Å². The number of aromatic nitrogens is 3. The molecule has 9 nitrogen and oxygen atoms in total. The van der Waals surface area contributed by atoms with Crippen LogP contribution in [-0.4, -0.2) is 44.2 Å². The molecule has 0 unspecified atom stereocenters. The lowest BCUT2D eigenvalue weighted by atomic mass is 10.1. The molecule has 0 radical (unpaired) electrons. The first-order valence-corrected chi connectivity index (χ1v) is 8.98. The number of carbonyl (C=O) groups excluding carboxylic acids is 2. The minimum Gasteiger partial charge on any atom is -0.391 e. The zero-order valence-electron chi connectivity index (χ0n) is 14.9. The van der Waals surface area contributed by atoms with E-state index in [-0.39, 0.29) is 24.0 Å². The second-order valence-corrected chi connectivity index (χ2v) is 6.78. The summed E-state index contributed by atoms with van der Waals surface area (Å²) in [6, 6.07) is 6.50. The molecular formula is C19H19N5O4. The Morgan fingerprint density at radius 3 is 2.89 bits per heavy atom. The Labute approximate surface area is 160 Å². The van der Waals surface area contributed by atoms with Gasteiger partial charge in [-0.3, -0.25) is 14.6 Å². The van der Waals surface area contributed by atoms with E-state index in [0.717, 1.165) is 5.56 Å². The largest absolute Gasteiger partial charge is 0.391 e. The van der Waals surface area contributed by atoms with Crippen molar-refractivity contribution in [3.8, 4) is 0 Å². The highest BCUT2D eigenvalue weighted by molar-refractivity contribution is 6.02. The molecule has 3 N–H and O–H groups in total. The molecule has 1 aliphatic carbocycles. The van der Waals surface area contributed by atoms with Crippen molar-refractivity contribution in [3.63, 3.8) is 0 Å². The predicted octanol–water partition coefficient (Wildman–Crippen LogP) is 0.803. The molecule has 9 heteroatoms. The molecule has 4 rings (SSSR count). The smallest absolute Gasteiger partial charge is 0.290 e. The van der Waals surface area contributed by atoms with E-state index in [2.05, 4.69) is 25.8 Å². The van der Waals surface area contributed by atoms with Crippen LogP contribution in [0.5, 0.6) is 0 Å². The molecule has 0 aliphatic heterocycles. The van der Waals surface area contributed by atoms with Crippen LogP contribution >= 0.6 is 0 Å². The van der Waals surface area contributed by atoms with Crippen LogP contribution in [0.25, 0.3) is 11.0 Å². The van der Waals surface area contributed by atoms with Gasteiger partial charge in [0.05, 0.1) is 17.5 Å². The van der Waals surface area contributed by atoms with E-state index in [0.29, 0.717) is 24.0 Å². The van der Waals surface area contributed by atoms with E-state index < -0.39 is 18.1 Å². The van der Waals surface area contributed by atoms with E-state index >= 15 is 0 Å². The first kappa shape index (κ1) is 18.1. The van der Waals surface area contributed by atoms with Gasteiger partial charge in [0, 0.05) is 31.1 Å². The first-order valence-electron chi connectivity index (χ1n) is 8.98. The molecule has 2 amide bonds. The number of hydrogen-bond acceptors (Lipinski definition) is 7. The standard InChI is InChI=1S/C19H19N5O4/c25-15-8-12(18(26)22-10-11-3-1-5-20-9-11)7-14(15)23-19(27)16-13-4-2-6-21-17(13)24-28-16/h1-6,9,12,14-15,25H,7-8,10H2,(H,22,26)(H,23,27)/t12-,14-,15-/m0/s1. The summed E-state index contributed by atoms with van der Waals surface area (Å²) in [5.41, 5.74) is 1.23. The maximum Gasteiger partial charge on any atom is 0.290 e. The molecule has 1 aliphatic rings. The lowest BCUT2D eigenvalue weighted by Gasteiger charge is -2.15. The SMILES string of the molecule is O=C(N[C@H]1C[C@H](C(=O)NCc2cccnc2)C[C@@H]1O)c1onc2ncccc12. The normalized spacial score (nSPS) is 21.5. The molecule has 0 spiro atoms. The van der Waals surface area contributed by atoms with Crippen LogP contribution in [0.1, 0.15) is 29.0 Å². The van der Waals surface area contributed by atoms with Crippen molar-refractivity contribution < 1.29 is 19.2 Å². The zero-order valence-corrected chi connectivity index (χ0v) is 14.9. The number of nitrogens with one attached hydrogen (secondary N) is 2. The van der Waals surface area contributed by atoms with Crippen molar-refractivity contribution in [2.75, 3.05) is 0 Å². The quantitative estimate of drug-likeness (QED) is 0.596. The third-order valence-corrected chi connectivity index (χ3v) is 4.87. The first-order chi connectivity index (χ1) is 13.6. The molecular weight excluding hydrogens is 362 g/mol. The van der Waals surface area contributed by atoms with Crippen LogP contribution in [0.15, 0.2) is 47.4 Å². The number of pyridine rings is 2. The van der Waals surface area contributed by atoms with Gasteiger partial charge in [-0.2, -0.15) is 0 Å². The molecule has 1 fully saturated rings. The monoisotopic (exact) mass is 381 g/mol. The van der Waals surface area contributed by atoms with Gasteiger partial charge in [-0.25, -0.2) is 4.98 Å². The summed E-state index contributed by atoms with van der Waals surface area (Å²) >= 11 is 0. The summed E-state index contributed by atoms with van der Waals surface area (Å²) in [4.78, 5) is 32.9. The van der Waals surface area contributed by atoms with Crippen molar-refractivity contribution >= 4 is 22.8 Å². The van der Waals surface area contributed by atoms with E-state index in [1.807, 2.05) is 6.07 Å². The van der Waals surface area contributed by atoms with E-state index in [1.54, 1.807) is 36.8 Å². The summed E-state index contributed by atoms with van der Waals surface area (Å²) in [5, 5.41) is 20.1. The van der Waals surface area contributed by atoms with Crippen LogP contribution < -0.4 is 10.6 Å². The Kier molecular flexibility index (Phi) is 4.98. The third-order valence-electron chi connectivity index (χ3n) is 4.87. The minimum absolute atomic E-state index is 0.0415. The molecule has 28 heavy (non-hydrogen) atoms. The Bertz CT molecular complexity index is 990. The third kappa shape index (κ3) is 3.70. The summed E-state index contributed by atoms with van der Waals surface area (Å²) in [6.07, 6.45) is 4.72. The predicted molar refractivity (Wildman–Crippen MR) is 97.9 cm³/mol. The molecule has 144 valence electrons. The molecule has 3 aromatic heterocycles. The van der Waals surface area contributed by atoms with Gasteiger partial charge in [-0.1, -0.05) is 11.2 Å². The van der Waals surface area contributed by atoms with Crippen molar-refractivity contribution in [2.24, 2.45) is 5.92 Å². The number of aliphatic hydroxyl groups is 1. The fourth-order valence-corrected chi connectivity index (χ4v) is 3.40. The van der Waals surface area contributed by atoms with Gasteiger partial charge in [0.1, 0.15) is 0 Å². The Morgan fingerprint density at radius 1 is 1.21 bits per heavy atom. The maximum absolute atomic E-state index is 12.5. The Balaban J connectivity index is 1.36. The highest BCUT2D eigenvalue weighted by Gasteiger charge is 2.38. The number of aliphatic hydroxyl groups excluding tert-OH is 1. The van der Waals surface area contributed by atoms with Crippen molar-refractivity contribution in [2.45, 2.75) is 31.5 Å². The lowest BCUT2D eigenvalue weighted by molar-refractivity contribution is -0.125. The number of carbonyl (C=O) groups is 2. The highest BCUT2D eigenvalue weighted by Crippen LogP contribution is 2.27. The summed E-state index contributed by atoms with van der Waals surface area (Å²) < 4.78 is 5.09. The molecule has 3 aromatic rings. The number of amides is 2. The van der Waals surface area contributed by atoms with Gasteiger partial charge in [0.25, 0.3) is 5.91 Å². The molecule has 0 aromatic carbocycles.